The summed E-state index contributed by atoms with van der Waals surface area (Å²) >= 11 is 2.99. The highest BCUT2D eigenvalue weighted by molar-refractivity contribution is 9.10. The second-order valence-electron chi connectivity index (χ2n) is 4.15. The molecule has 6 heteroatoms. The zero-order valence-electron chi connectivity index (χ0n) is 11.2. The van der Waals surface area contributed by atoms with Crippen molar-refractivity contribution in [2.45, 2.75) is 0 Å². The maximum atomic E-state index is 14.0. The zero-order valence-corrected chi connectivity index (χ0v) is 12.8. The minimum Gasteiger partial charge on any atom is -0.493 e. The Kier molecular flexibility index (Phi) is 4.57. The molecule has 2 aromatic rings. The molecule has 3 nitrogen and oxygen atoms in total. The Bertz CT molecular complexity index is 702. The maximum Gasteiger partial charge on any atom is 0.196 e. The fourth-order valence-corrected chi connectivity index (χ4v) is 2.20. The summed E-state index contributed by atoms with van der Waals surface area (Å²) in [7, 11) is 2.76. The molecule has 0 saturated carbocycles. The van der Waals surface area contributed by atoms with Crippen molar-refractivity contribution in [2.24, 2.45) is 0 Å². The topological polar surface area (TPSA) is 35.5 Å². The standard InChI is InChI=1S/C15H11BrF2O3/c1-20-13-6-9(12(18)7-14(13)21-2)15(19)8-3-4-11(17)10(16)5-8/h3-7H,1-2H3. The van der Waals surface area contributed by atoms with Gasteiger partial charge in [-0.3, -0.25) is 4.79 Å². The average molecular weight is 357 g/mol. The first-order chi connectivity index (χ1) is 9.97. The number of carbonyl (C=O) groups is 1. The molecule has 0 fully saturated rings. The molecule has 0 aliphatic carbocycles. The number of benzene rings is 2. The molecular formula is C15H11BrF2O3. The molecule has 0 aliphatic heterocycles. The van der Waals surface area contributed by atoms with Gasteiger partial charge in [0.2, 0.25) is 0 Å². The summed E-state index contributed by atoms with van der Waals surface area (Å²) in [5, 5.41) is 0. The normalized spacial score (nSPS) is 10.3. The van der Waals surface area contributed by atoms with Crippen molar-refractivity contribution in [1.82, 2.24) is 0 Å². The Morgan fingerprint density at radius 2 is 1.62 bits per heavy atom. The predicted molar refractivity (Wildman–Crippen MR) is 77.0 cm³/mol. The molecule has 0 spiro atoms. The van der Waals surface area contributed by atoms with Gasteiger partial charge >= 0.3 is 0 Å². The zero-order chi connectivity index (χ0) is 15.6. The van der Waals surface area contributed by atoms with Crippen LogP contribution in [0.4, 0.5) is 8.78 Å². The van der Waals surface area contributed by atoms with Crippen LogP contribution < -0.4 is 9.47 Å². The Labute approximate surface area is 128 Å². The highest BCUT2D eigenvalue weighted by Crippen LogP contribution is 2.31. The number of halogens is 3. The summed E-state index contributed by atoms with van der Waals surface area (Å²) in [6.07, 6.45) is 0. The molecule has 0 aliphatic rings. The monoisotopic (exact) mass is 356 g/mol. The van der Waals surface area contributed by atoms with Gasteiger partial charge in [-0.15, -0.1) is 0 Å². The predicted octanol–water partition coefficient (Wildman–Crippen LogP) is 3.98. The van der Waals surface area contributed by atoms with Gasteiger partial charge in [-0.2, -0.15) is 0 Å². The van der Waals surface area contributed by atoms with E-state index in [-0.39, 0.29) is 27.1 Å². The average Bonchev–Trinajstić information content (AvgIpc) is 2.49. The number of methoxy groups -OCH3 is 2. The lowest BCUT2D eigenvalue weighted by molar-refractivity contribution is 0.103. The Hall–Kier alpha value is -1.95. The third-order valence-corrected chi connectivity index (χ3v) is 3.51. The second kappa shape index (κ2) is 6.22. The molecule has 0 aromatic heterocycles. The van der Waals surface area contributed by atoms with Crippen LogP contribution >= 0.6 is 15.9 Å². The van der Waals surface area contributed by atoms with Gasteiger partial charge in [0.25, 0.3) is 0 Å². The van der Waals surface area contributed by atoms with Gasteiger partial charge in [-0.05, 0) is 40.2 Å². The molecule has 0 unspecified atom stereocenters. The van der Waals surface area contributed by atoms with E-state index < -0.39 is 17.4 Å². The first-order valence-corrected chi connectivity index (χ1v) is 6.68. The highest BCUT2D eigenvalue weighted by Gasteiger charge is 2.19. The van der Waals surface area contributed by atoms with Crippen LogP contribution in [0.2, 0.25) is 0 Å². The summed E-state index contributed by atoms with van der Waals surface area (Å²) in [5.74, 6) is -1.39. The SMILES string of the molecule is COc1cc(F)c(C(=O)c2ccc(F)c(Br)c2)cc1OC. The van der Waals surface area contributed by atoms with Crippen LogP contribution in [0.25, 0.3) is 0 Å². The first-order valence-electron chi connectivity index (χ1n) is 5.89. The second-order valence-corrected chi connectivity index (χ2v) is 5.00. The fourth-order valence-electron chi connectivity index (χ4n) is 1.82. The van der Waals surface area contributed by atoms with Crippen molar-refractivity contribution in [3.63, 3.8) is 0 Å². The molecule has 0 amide bonds. The van der Waals surface area contributed by atoms with E-state index >= 15 is 0 Å². The van der Waals surface area contributed by atoms with Crippen molar-refractivity contribution in [3.8, 4) is 11.5 Å². The summed E-state index contributed by atoms with van der Waals surface area (Å²) in [4.78, 5) is 12.3. The van der Waals surface area contributed by atoms with E-state index in [2.05, 4.69) is 15.9 Å². The van der Waals surface area contributed by atoms with Gasteiger partial charge < -0.3 is 9.47 Å². The van der Waals surface area contributed by atoms with Crippen LogP contribution in [0, 0.1) is 11.6 Å². The molecule has 2 aromatic carbocycles. The van der Waals surface area contributed by atoms with Crippen LogP contribution in [0.15, 0.2) is 34.8 Å². The molecule has 2 rings (SSSR count). The lowest BCUT2D eigenvalue weighted by Crippen LogP contribution is -2.06. The molecule has 0 heterocycles. The van der Waals surface area contributed by atoms with E-state index in [4.69, 9.17) is 9.47 Å². The largest absolute Gasteiger partial charge is 0.493 e. The fraction of sp³-hybridized carbons (Fsp3) is 0.133. The third kappa shape index (κ3) is 3.05. The molecule has 0 bridgehead atoms. The van der Waals surface area contributed by atoms with Gasteiger partial charge in [-0.1, -0.05) is 0 Å². The Morgan fingerprint density at radius 1 is 1.00 bits per heavy atom. The highest BCUT2D eigenvalue weighted by atomic mass is 79.9. The lowest BCUT2D eigenvalue weighted by atomic mass is 10.0. The minimum absolute atomic E-state index is 0.134. The maximum absolute atomic E-state index is 14.0. The molecule has 0 atom stereocenters. The van der Waals surface area contributed by atoms with Crippen LogP contribution in [0.1, 0.15) is 15.9 Å². The van der Waals surface area contributed by atoms with Crippen LogP contribution in [0.3, 0.4) is 0 Å². The quantitative estimate of drug-likeness (QED) is 0.777. The van der Waals surface area contributed by atoms with Gasteiger partial charge in [0.05, 0.1) is 24.3 Å². The summed E-state index contributed by atoms with van der Waals surface area (Å²) in [5.41, 5.74) is -0.0134. The smallest absolute Gasteiger partial charge is 0.196 e. The number of ether oxygens (including phenoxy) is 2. The number of ketones is 1. The summed E-state index contributed by atoms with van der Waals surface area (Å²) < 4.78 is 37.4. The molecular weight excluding hydrogens is 346 g/mol. The van der Waals surface area contributed by atoms with Crippen LogP contribution in [-0.4, -0.2) is 20.0 Å². The molecule has 0 N–H and O–H groups in total. The van der Waals surface area contributed by atoms with Gasteiger partial charge in [0.15, 0.2) is 17.3 Å². The molecule has 0 radical (unpaired) electrons. The van der Waals surface area contributed by atoms with E-state index in [0.717, 1.165) is 12.1 Å². The number of hydrogen-bond donors (Lipinski definition) is 0. The first kappa shape index (κ1) is 15.4. The van der Waals surface area contributed by atoms with E-state index in [9.17, 15) is 13.6 Å². The van der Waals surface area contributed by atoms with Gasteiger partial charge in [-0.25, -0.2) is 8.78 Å². The summed E-state index contributed by atoms with van der Waals surface area (Å²) in [6, 6.07) is 6.06. The van der Waals surface area contributed by atoms with Crippen molar-refractivity contribution in [1.29, 1.82) is 0 Å². The lowest BCUT2D eigenvalue weighted by Gasteiger charge is -2.10. The van der Waals surface area contributed by atoms with Gasteiger partial charge in [0, 0.05) is 11.6 Å². The number of carbonyl (C=O) groups excluding carboxylic acids is 1. The van der Waals surface area contributed by atoms with Gasteiger partial charge in [0.1, 0.15) is 11.6 Å². The molecule has 0 saturated heterocycles. The van der Waals surface area contributed by atoms with Crippen molar-refractivity contribution < 1.29 is 23.0 Å². The minimum atomic E-state index is -0.738. The van der Waals surface area contributed by atoms with E-state index in [0.29, 0.717) is 0 Å². The summed E-state index contributed by atoms with van der Waals surface area (Å²) in [6.45, 7) is 0. The van der Waals surface area contributed by atoms with Crippen molar-refractivity contribution in [3.05, 3.63) is 57.6 Å². The van der Waals surface area contributed by atoms with Crippen LogP contribution in [-0.2, 0) is 0 Å². The number of rotatable bonds is 4. The van der Waals surface area contributed by atoms with Crippen molar-refractivity contribution in [2.75, 3.05) is 14.2 Å². The molecule has 110 valence electrons. The van der Waals surface area contributed by atoms with Crippen molar-refractivity contribution >= 4 is 21.7 Å². The third-order valence-electron chi connectivity index (χ3n) is 2.90. The van der Waals surface area contributed by atoms with Crippen LogP contribution in [0.5, 0.6) is 11.5 Å². The Morgan fingerprint density at radius 3 is 2.19 bits per heavy atom. The van der Waals surface area contributed by atoms with E-state index in [1.807, 2.05) is 0 Å². The van der Waals surface area contributed by atoms with E-state index in [1.165, 1.54) is 32.4 Å². The Balaban J connectivity index is 2.50. The number of hydrogen-bond acceptors (Lipinski definition) is 3. The van der Waals surface area contributed by atoms with E-state index in [1.54, 1.807) is 0 Å². The molecule has 21 heavy (non-hydrogen) atoms.